The number of rotatable bonds is 3. The topological polar surface area (TPSA) is 70.5 Å². The van der Waals surface area contributed by atoms with Crippen molar-refractivity contribution in [2.24, 2.45) is 11.5 Å². The molecule has 0 bridgehead atoms. The molecule has 0 aromatic carbocycles. The molecule has 78 valence electrons. The summed E-state index contributed by atoms with van der Waals surface area (Å²) in [6.07, 6.45) is 3.91. The first kappa shape index (κ1) is 10.9. The highest BCUT2D eigenvalue weighted by Gasteiger charge is 2.37. The maximum atomic E-state index is 5.98. The molecule has 1 rings (SSSR count). The predicted molar refractivity (Wildman–Crippen MR) is 50.7 cm³/mol. The largest absolute Gasteiger partial charge is 0.324 e. The van der Waals surface area contributed by atoms with Crippen LogP contribution >= 0.6 is 0 Å². The summed E-state index contributed by atoms with van der Waals surface area (Å²) in [5.41, 5.74) is 11.1. The zero-order valence-corrected chi connectivity index (χ0v) is 8.45. The van der Waals surface area contributed by atoms with E-state index in [1.807, 2.05) is 13.8 Å². The van der Waals surface area contributed by atoms with E-state index in [4.69, 9.17) is 21.2 Å². The number of hydrogen-bond donors (Lipinski definition) is 2. The van der Waals surface area contributed by atoms with Crippen molar-refractivity contribution in [3.05, 3.63) is 0 Å². The van der Waals surface area contributed by atoms with Crippen LogP contribution in [0.2, 0.25) is 0 Å². The molecular weight excluding hydrogens is 168 g/mol. The fourth-order valence-corrected chi connectivity index (χ4v) is 1.48. The van der Waals surface area contributed by atoms with E-state index in [9.17, 15) is 0 Å². The van der Waals surface area contributed by atoms with Gasteiger partial charge in [-0.15, -0.1) is 0 Å². The van der Waals surface area contributed by atoms with E-state index >= 15 is 0 Å². The van der Waals surface area contributed by atoms with Gasteiger partial charge in [-0.1, -0.05) is 6.42 Å². The highest BCUT2D eigenvalue weighted by atomic mass is 17.2. The van der Waals surface area contributed by atoms with E-state index in [-0.39, 0.29) is 12.1 Å². The van der Waals surface area contributed by atoms with Crippen molar-refractivity contribution in [1.29, 1.82) is 0 Å². The first-order chi connectivity index (χ1) is 6.04. The molecule has 0 aromatic rings. The molecule has 4 heteroatoms. The Labute approximate surface area is 79.5 Å². The highest BCUT2D eigenvalue weighted by Crippen LogP contribution is 2.26. The van der Waals surface area contributed by atoms with Crippen LogP contribution in [-0.4, -0.2) is 17.9 Å². The van der Waals surface area contributed by atoms with Gasteiger partial charge in [0.1, 0.15) is 0 Å². The molecule has 1 fully saturated rings. The quantitative estimate of drug-likeness (QED) is 0.392. The van der Waals surface area contributed by atoms with Crippen LogP contribution in [0.5, 0.6) is 0 Å². The first-order valence-electron chi connectivity index (χ1n) is 4.93. The van der Waals surface area contributed by atoms with Gasteiger partial charge < -0.3 is 5.73 Å². The zero-order valence-electron chi connectivity index (χ0n) is 8.45. The molecule has 1 saturated carbocycles. The van der Waals surface area contributed by atoms with Gasteiger partial charge in [0.25, 0.3) is 0 Å². The van der Waals surface area contributed by atoms with Crippen molar-refractivity contribution in [3.63, 3.8) is 0 Å². The molecular formula is C9H20N2O2. The summed E-state index contributed by atoms with van der Waals surface area (Å²) in [5.74, 6) is 0. The van der Waals surface area contributed by atoms with E-state index in [1.54, 1.807) is 0 Å². The van der Waals surface area contributed by atoms with Crippen molar-refractivity contribution in [2.45, 2.75) is 57.4 Å². The molecule has 0 amide bonds. The Morgan fingerprint density at radius 2 is 2.08 bits per heavy atom. The van der Waals surface area contributed by atoms with Crippen LogP contribution in [0.4, 0.5) is 0 Å². The number of nitrogens with two attached hydrogens (primary N) is 2. The summed E-state index contributed by atoms with van der Waals surface area (Å²) >= 11 is 0. The second kappa shape index (κ2) is 4.37. The third kappa shape index (κ3) is 2.91. The minimum Gasteiger partial charge on any atom is -0.324 e. The fourth-order valence-electron chi connectivity index (χ4n) is 1.48. The Hall–Kier alpha value is -0.160. The second-order valence-electron chi connectivity index (χ2n) is 4.04. The zero-order chi connectivity index (χ0) is 9.90. The van der Waals surface area contributed by atoms with E-state index in [0.717, 1.165) is 25.7 Å². The third-order valence-electron chi connectivity index (χ3n) is 2.36. The average Bonchev–Trinajstić information content (AvgIpc) is 2.07. The molecule has 1 aliphatic carbocycles. The molecule has 0 saturated heterocycles. The Morgan fingerprint density at radius 3 is 2.62 bits per heavy atom. The van der Waals surface area contributed by atoms with Gasteiger partial charge in [0.2, 0.25) is 0 Å². The van der Waals surface area contributed by atoms with E-state index in [1.165, 1.54) is 0 Å². The summed E-state index contributed by atoms with van der Waals surface area (Å²) in [7, 11) is 0. The molecule has 0 heterocycles. The van der Waals surface area contributed by atoms with Crippen LogP contribution in [0.25, 0.3) is 0 Å². The summed E-state index contributed by atoms with van der Waals surface area (Å²) in [6, 6.07) is -0.111. The minimum absolute atomic E-state index is 0.0227. The molecule has 0 aliphatic heterocycles. The predicted octanol–water partition coefficient (Wildman–Crippen LogP) is 0.899. The first-order valence-corrected chi connectivity index (χ1v) is 4.93. The third-order valence-corrected chi connectivity index (χ3v) is 2.36. The SMILES string of the molecule is CC(C)OOC1(N)CCCCC1N. The summed E-state index contributed by atoms with van der Waals surface area (Å²) in [4.78, 5) is 10.2. The van der Waals surface area contributed by atoms with E-state index in [2.05, 4.69) is 0 Å². The molecule has 0 radical (unpaired) electrons. The van der Waals surface area contributed by atoms with E-state index < -0.39 is 5.72 Å². The second-order valence-corrected chi connectivity index (χ2v) is 4.04. The lowest BCUT2D eigenvalue weighted by atomic mass is 9.88. The van der Waals surface area contributed by atoms with E-state index in [0.29, 0.717) is 0 Å². The van der Waals surface area contributed by atoms with Crippen molar-refractivity contribution < 1.29 is 9.78 Å². The van der Waals surface area contributed by atoms with Crippen LogP contribution < -0.4 is 11.5 Å². The molecule has 0 spiro atoms. The van der Waals surface area contributed by atoms with Crippen molar-refractivity contribution in [2.75, 3.05) is 0 Å². The molecule has 4 N–H and O–H groups in total. The highest BCUT2D eigenvalue weighted by molar-refractivity contribution is 4.88. The summed E-state index contributed by atoms with van der Waals surface area (Å²) in [5, 5.41) is 0. The van der Waals surface area contributed by atoms with Crippen LogP contribution in [0.3, 0.4) is 0 Å². The summed E-state index contributed by atoms with van der Waals surface area (Å²) < 4.78 is 0. The van der Waals surface area contributed by atoms with Gasteiger partial charge in [0, 0.05) is 0 Å². The molecule has 4 nitrogen and oxygen atoms in total. The van der Waals surface area contributed by atoms with Crippen LogP contribution in [0.1, 0.15) is 39.5 Å². The standard InChI is InChI=1S/C9H20N2O2/c1-7(2)12-13-9(11)6-4-3-5-8(9)10/h7-8H,3-6,10-11H2,1-2H3. The fraction of sp³-hybridized carbons (Fsp3) is 1.00. The van der Waals surface area contributed by atoms with Gasteiger partial charge in [-0.2, -0.15) is 0 Å². The van der Waals surface area contributed by atoms with Gasteiger partial charge in [0.05, 0.1) is 12.1 Å². The van der Waals surface area contributed by atoms with Gasteiger partial charge in [-0.3, -0.25) is 5.73 Å². The Morgan fingerprint density at radius 1 is 1.38 bits per heavy atom. The lowest BCUT2D eigenvalue weighted by Crippen LogP contribution is -2.59. The van der Waals surface area contributed by atoms with Gasteiger partial charge in [-0.05, 0) is 33.1 Å². The van der Waals surface area contributed by atoms with Crippen molar-refractivity contribution >= 4 is 0 Å². The van der Waals surface area contributed by atoms with Crippen molar-refractivity contribution in [3.8, 4) is 0 Å². The lowest BCUT2D eigenvalue weighted by molar-refractivity contribution is -0.386. The van der Waals surface area contributed by atoms with Crippen molar-refractivity contribution in [1.82, 2.24) is 0 Å². The molecule has 13 heavy (non-hydrogen) atoms. The van der Waals surface area contributed by atoms with Crippen LogP contribution in [-0.2, 0) is 9.78 Å². The van der Waals surface area contributed by atoms with Gasteiger partial charge in [-0.25, -0.2) is 9.78 Å². The normalized spacial score (nSPS) is 35.3. The van der Waals surface area contributed by atoms with Crippen LogP contribution in [0.15, 0.2) is 0 Å². The average molecular weight is 188 g/mol. The monoisotopic (exact) mass is 188 g/mol. The van der Waals surface area contributed by atoms with Crippen LogP contribution in [0, 0.1) is 0 Å². The maximum absolute atomic E-state index is 5.98. The van der Waals surface area contributed by atoms with Gasteiger partial charge >= 0.3 is 0 Å². The Bertz CT molecular complexity index is 164. The maximum Gasteiger partial charge on any atom is 0.166 e. The smallest absolute Gasteiger partial charge is 0.166 e. The summed E-state index contributed by atoms with van der Waals surface area (Å²) in [6.45, 7) is 3.80. The van der Waals surface area contributed by atoms with Gasteiger partial charge in [0.15, 0.2) is 5.72 Å². The molecule has 0 aromatic heterocycles. The molecule has 1 aliphatic rings. The Kier molecular flexibility index (Phi) is 3.67. The lowest BCUT2D eigenvalue weighted by Gasteiger charge is -2.37. The minimum atomic E-state index is -0.775. The number of hydrogen-bond acceptors (Lipinski definition) is 4. The Balaban J connectivity index is 2.42. The molecule has 2 unspecified atom stereocenters. The molecule has 2 atom stereocenters.